The van der Waals surface area contributed by atoms with E-state index in [0.29, 0.717) is 6.04 Å². The van der Waals surface area contributed by atoms with Gasteiger partial charge in [-0.05, 0) is 30.7 Å². The second kappa shape index (κ2) is 4.86. The van der Waals surface area contributed by atoms with Crippen LogP contribution in [0.1, 0.15) is 31.6 Å². The molecule has 0 spiro atoms. The number of hydrogen-bond acceptors (Lipinski definition) is 2. The first-order chi connectivity index (χ1) is 7.16. The predicted octanol–water partition coefficient (Wildman–Crippen LogP) is 3.93. The van der Waals surface area contributed by atoms with E-state index < -0.39 is 0 Å². The van der Waals surface area contributed by atoms with Gasteiger partial charge < -0.3 is 5.32 Å². The van der Waals surface area contributed by atoms with Gasteiger partial charge in [-0.3, -0.25) is 0 Å². The van der Waals surface area contributed by atoms with Crippen molar-refractivity contribution in [2.45, 2.75) is 39.3 Å². The van der Waals surface area contributed by atoms with E-state index in [-0.39, 0.29) is 0 Å². The smallest absolute Gasteiger partial charge is 0.0516 e. The van der Waals surface area contributed by atoms with Crippen LogP contribution in [0.4, 0.5) is 0 Å². The van der Waals surface area contributed by atoms with Crippen LogP contribution in [0.2, 0.25) is 5.02 Å². The monoisotopic (exact) mass is 243 g/mol. The number of thiophene rings is 1. The highest BCUT2D eigenvalue weighted by Crippen LogP contribution is 2.31. The van der Waals surface area contributed by atoms with Gasteiger partial charge in [0.15, 0.2) is 0 Å². The SMILES string of the molecule is CC1CCC(NCc2cc(Cl)cs2)C1C. The third-order valence-corrected chi connectivity index (χ3v) is 4.91. The lowest BCUT2D eigenvalue weighted by Gasteiger charge is -2.19. The number of rotatable bonds is 3. The highest BCUT2D eigenvalue weighted by Gasteiger charge is 2.28. The van der Waals surface area contributed by atoms with E-state index in [2.05, 4.69) is 25.2 Å². The Morgan fingerprint density at radius 3 is 2.80 bits per heavy atom. The molecule has 1 N–H and O–H groups in total. The molecule has 0 bridgehead atoms. The maximum Gasteiger partial charge on any atom is 0.0516 e. The Labute approximate surface area is 101 Å². The molecule has 84 valence electrons. The van der Waals surface area contributed by atoms with Crippen LogP contribution in [-0.4, -0.2) is 6.04 Å². The molecule has 2 rings (SSSR count). The van der Waals surface area contributed by atoms with Crippen molar-refractivity contribution < 1.29 is 0 Å². The van der Waals surface area contributed by atoms with Gasteiger partial charge in [-0.25, -0.2) is 0 Å². The molecule has 1 aromatic heterocycles. The molecule has 1 aliphatic carbocycles. The summed E-state index contributed by atoms with van der Waals surface area (Å²) < 4.78 is 0. The van der Waals surface area contributed by atoms with Crippen LogP contribution in [0.25, 0.3) is 0 Å². The summed E-state index contributed by atoms with van der Waals surface area (Å²) in [6, 6.07) is 2.75. The maximum atomic E-state index is 5.89. The van der Waals surface area contributed by atoms with E-state index >= 15 is 0 Å². The van der Waals surface area contributed by atoms with E-state index in [0.717, 1.165) is 23.4 Å². The predicted molar refractivity (Wildman–Crippen MR) is 67.5 cm³/mol. The lowest BCUT2D eigenvalue weighted by Crippen LogP contribution is -2.31. The number of hydrogen-bond donors (Lipinski definition) is 1. The summed E-state index contributed by atoms with van der Waals surface area (Å²) in [7, 11) is 0. The Bertz CT molecular complexity index is 323. The van der Waals surface area contributed by atoms with E-state index in [1.54, 1.807) is 11.3 Å². The average Bonchev–Trinajstić information content (AvgIpc) is 2.74. The van der Waals surface area contributed by atoms with Crippen molar-refractivity contribution in [2.24, 2.45) is 11.8 Å². The Morgan fingerprint density at radius 1 is 1.47 bits per heavy atom. The molecule has 1 fully saturated rings. The van der Waals surface area contributed by atoms with Crippen LogP contribution < -0.4 is 5.32 Å². The summed E-state index contributed by atoms with van der Waals surface area (Å²) in [5.41, 5.74) is 0. The molecular formula is C12H18ClNS. The Balaban J connectivity index is 1.83. The van der Waals surface area contributed by atoms with Crippen LogP contribution in [0.3, 0.4) is 0 Å². The number of halogens is 1. The normalized spacial score (nSPS) is 31.0. The zero-order chi connectivity index (χ0) is 10.8. The zero-order valence-electron chi connectivity index (χ0n) is 9.29. The van der Waals surface area contributed by atoms with Crippen LogP contribution in [0.15, 0.2) is 11.4 Å². The molecule has 0 aromatic carbocycles. The molecule has 1 nitrogen and oxygen atoms in total. The molecule has 0 amide bonds. The average molecular weight is 244 g/mol. The molecule has 1 heterocycles. The third-order valence-electron chi connectivity index (χ3n) is 3.63. The summed E-state index contributed by atoms with van der Waals surface area (Å²) in [5, 5.41) is 6.51. The standard InChI is InChI=1S/C12H18ClNS/c1-8-3-4-12(9(8)2)14-6-11-5-10(13)7-15-11/h5,7-9,12,14H,3-4,6H2,1-2H3. The molecule has 0 saturated heterocycles. The second-order valence-corrected chi connectivity index (χ2v) is 6.06. The van der Waals surface area contributed by atoms with E-state index in [4.69, 9.17) is 11.6 Å². The minimum atomic E-state index is 0.695. The summed E-state index contributed by atoms with van der Waals surface area (Å²) in [6.07, 6.45) is 2.69. The molecule has 0 radical (unpaired) electrons. The van der Waals surface area contributed by atoms with Gasteiger partial charge in [0.25, 0.3) is 0 Å². The topological polar surface area (TPSA) is 12.0 Å². The Morgan fingerprint density at radius 2 is 2.27 bits per heavy atom. The maximum absolute atomic E-state index is 5.89. The molecule has 15 heavy (non-hydrogen) atoms. The van der Waals surface area contributed by atoms with Gasteiger partial charge >= 0.3 is 0 Å². The van der Waals surface area contributed by atoms with Gasteiger partial charge in [0, 0.05) is 22.8 Å². The van der Waals surface area contributed by atoms with Gasteiger partial charge in [-0.2, -0.15) is 0 Å². The van der Waals surface area contributed by atoms with Crippen molar-refractivity contribution in [3.63, 3.8) is 0 Å². The molecule has 1 aliphatic rings. The van der Waals surface area contributed by atoms with Crippen molar-refractivity contribution in [2.75, 3.05) is 0 Å². The highest BCUT2D eigenvalue weighted by molar-refractivity contribution is 7.10. The van der Waals surface area contributed by atoms with Gasteiger partial charge in [0.2, 0.25) is 0 Å². The lowest BCUT2D eigenvalue weighted by atomic mass is 9.98. The molecule has 1 aromatic rings. The van der Waals surface area contributed by atoms with Crippen molar-refractivity contribution in [3.05, 3.63) is 21.3 Å². The fourth-order valence-corrected chi connectivity index (χ4v) is 3.35. The summed E-state index contributed by atoms with van der Waals surface area (Å²) in [4.78, 5) is 1.34. The lowest BCUT2D eigenvalue weighted by molar-refractivity contribution is 0.370. The molecule has 1 saturated carbocycles. The molecular weight excluding hydrogens is 226 g/mol. The van der Waals surface area contributed by atoms with Crippen molar-refractivity contribution in [3.8, 4) is 0 Å². The zero-order valence-corrected chi connectivity index (χ0v) is 10.9. The van der Waals surface area contributed by atoms with Crippen molar-refractivity contribution in [1.82, 2.24) is 5.32 Å². The van der Waals surface area contributed by atoms with Crippen molar-refractivity contribution in [1.29, 1.82) is 0 Å². The quantitative estimate of drug-likeness (QED) is 0.849. The van der Waals surface area contributed by atoms with Gasteiger partial charge in [-0.1, -0.05) is 25.4 Å². The molecule has 3 heteroatoms. The van der Waals surface area contributed by atoms with Gasteiger partial charge in [-0.15, -0.1) is 11.3 Å². The first-order valence-corrected chi connectivity index (χ1v) is 6.89. The van der Waals surface area contributed by atoms with Gasteiger partial charge in [0.1, 0.15) is 0 Å². The van der Waals surface area contributed by atoms with Crippen LogP contribution in [-0.2, 0) is 6.54 Å². The van der Waals surface area contributed by atoms with E-state index in [9.17, 15) is 0 Å². The van der Waals surface area contributed by atoms with Crippen LogP contribution >= 0.6 is 22.9 Å². The summed E-state index contributed by atoms with van der Waals surface area (Å²) in [5.74, 6) is 1.68. The Kier molecular flexibility index (Phi) is 3.70. The van der Waals surface area contributed by atoms with Crippen molar-refractivity contribution >= 4 is 22.9 Å². The molecule has 3 atom stereocenters. The summed E-state index contributed by atoms with van der Waals surface area (Å²) in [6.45, 7) is 5.68. The molecule has 3 unspecified atom stereocenters. The number of nitrogens with one attached hydrogen (secondary N) is 1. The minimum Gasteiger partial charge on any atom is -0.309 e. The first kappa shape index (κ1) is 11.4. The van der Waals surface area contributed by atoms with E-state index in [1.165, 1.54) is 17.7 Å². The molecule has 0 aliphatic heterocycles. The minimum absolute atomic E-state index is 0.695. The van der Waals surface area contributed by atoms with Crippen LogP contribution in [0.5, 0.6) is 0 Å². The second-order valence-electron chi connectivity index (χ2n) is 4.63. The Hall–Kier alpha value is -0.0500. The first-order valence-electron chi connectivity index (χ1n) is 5.63. The third kappa shape index (κ3) is 2.74. The van der Waals surface area contributed by atoms with Gasteiger partial charge in [0.05, 0.1) is 5.02 Å². The fraction of sp³-hybridized carbons (Fsp3) is 0.667. The fourth-order valence-electron chi connectivity index (χ4n) is 2.33. The van der Waals surface area contributed by atoms with E-state index in [1.807, 2.05) is 5.38 Å². The highest BCUT2D eigenvalue weighted by atomic mass is 35.5. The largest absolute Gasteiger partial charge is 0.309 e. The van der Waals surface area contributed by atoms with Crippen LogP contribution in [0, 0.1) is 11.8 Å². The summed E-state index contributed by atoms with van der Waals surface area (Å²) >= 11 is 7.63.